The standard InChI is InChI=1S/C13H19NO/c1-13(2,3)12(15)11(14)9-10-7-5-4-6-8-10/h4-8,11H,9,14H2,1-3H3/t11-/m0/s1/i9D/t9-,11-. The fraction of sp³-hybridized carbons (Fsp3) is 0.462. The summed E-state index contributed by atoms with van der Waals surface area (Å²) in [5, 5.41) is 0. The van der Waals surface area contributed by atoms with Crippen molar-refractivity contribution < 1.29 is 6.17 Å². The molecule has 0 aliphatic rings. The number of nitrogens with two attached hydrogens (primary N) is 1. The third kappa shape index (κ3) is 3.48. The Morgan fingerprint density at radius 1 is 1.40 bits per heavy atom. The fourth-order valence-corrected chi connectivity index (χ4v) is 1.35. The van der Waals surface area contributed by atoms with Crippen molar-refractivity contribution in [2.75, 3.05) is 0 Å². The summed E-state index contributed by atoms with van der Waals surface area (Å²) < 4.78 is 7.98. The molecule has 1 aromatic rings. The zero-order valence-electron chi connectivity index (χ0n) is 10.5. The lowest BCUT2D eigenvalue weighted by atomic mass is 9.85. The van der Waals surface area contributed by atoms with E-state index in [0.717, 1.165) is 5.56 Å². The lowest BCUT2D eigenvalue weighted by Gasteiger charge is -2.21. The molecule has 0 heterocycles. The van der Waals surface area contributed by atoms with Crippen LogP contribution in [0.15, 0.2) is 30.3 Å². The van der Waals surface area contributed by atoms with E-state index in [-0.39, 0.29) is 5.78 Å². The van der Waals surface area contributed by atoms with Crippen molar-refractivity contribution in [1.29, 1.82) is 0 Å². The van der Waals surface area contributed by atoms with Crippen LogP contribution in [0.5, 0.6) is 0 Å². The van der Waals surface area contributed by atoms with E-state index in [9.17, 15) is 4.79 Å². The molecular weight excluding hydrogens is 186 g/mol. The number of rotatable bonds is 3. The molecule has 0 saturated carbocycles. The summed E-state index contributed by atoms with van der Waals surface area (Å²) in [5.41, 5.74) is 6.13. The lowest BCUT2D eigenvalue weighted by Crippen LogP contribution is -2.40. The van der Waals surface area contributed by atoms with E-state index >= 15 is 0 Å². The highest BCUT2D eigenvalue weighted by molar-refractivity contribution is 5.88. The average molecular weight is 206 g/mol. The molecule has 2 nitrogen and oxygen atoms in total. The van der Waals surface area contributed by atoms with E-state index in [2.05, 4.69) is 0 Å². The summed E-state index contributed by atoms with van der Waals surface area (Å²) in [6.07, 6.45) is -0.687. The first kappa shape index (κ1) is 10.4. The third-order valence-electron chi connectivity index (χ3n) is 2.21. The van der Waals surface area contributed by atoms with Crippen LogP contribution in [-0.2, 0) is 11.2 Å². The molecule has 15 heavy (non-hydrogen) atoms. The van der Waals surface area contributed by atoms with Crippen LogP contribution in [-0.4, -0.2) is 11.8 Å². The average Bonchev–Trinajstić information content (AvgIpc) is 2.26. The number of carbonyl (C=O) groups excluding carboxylic acids is 1. The van der Waals surface area contributed by atoms with E-state index in [0.29, 0.717) is 0 Å². The molecule has 0 radical (unpaired) electrons. The van der Waals surface area contributed by atoms with Gasteiger partial charge in [-0.1, -0.05) is 51.1 Å². The number of hydrogen-bond donors (Lipinski definition) is 1. The molecule has 0 fully saturated rings. The maximum atomic E-state index is 11.9. The predicted molar refractivity (Wildman–Crippen MR) is 62.6 cm³/mol. The minimum atomic E-state index is -0.762. The molecule has 2 heteroatoms. The molecule has 0 saturated heterocycles. The monoisotopic (exact) mass is 206 g/mol. The molecule has 0 unspecified atom stereocenters. The Morgan fingerprint density at radius 3 is 2.40 bits per heavy atom. The van der Waals surface area contributed by atoms with Gasteiger partial charge in [-0.25, -0.2) is 0 Å². The SMILES string of the molecule is [2H][C@@H](c1ccccc1)[C@H](N)C(=O)C(C)(C)C. The molecule has 0 bridgehead atoms. The van der Waals surface area contributed by atoms with Gasteiger partial charge in [-0.05, 0) is 12.0 Å². The highest BCUT2D eigenvalue weighted by Crippen LogP contribution is 2.17. The second kappa shape index (κ2) is 4.58. The van der Waals surface area contributed by atoms with E-state index in [1.807, 2.05) is 51.1 Å². The van der Waals surface area contributed by atoms with Gasteiger partial charge in [0.1, 0.15) is 0 Å². The van der Waals surface area contributed by atoms with Gasteiger partial charge in [0.15, 0.2) is 5.78 Å². The number of Topliss-reactive ketones (excluding diaryl/α,β-unsaturated/α-hetero) is 1. The van der Waals surface area contributed by atoms with Crippen LogP contribution in [0.25, 0.3) is 0 Å². The van der Waals surface area contributed by atoms with E-state index in [1.165, 1.54) is 0 Å². The molecule has 2 atom stereocenters. The van der Waals surface area contributed by atoms with Crippen LogP contribution >= 0.6 is 0 Å². The smallest absolute Gasteiger partial charge is 0.155 e. The molecule has 2 N–H and O–H groups in total. The molecule has 0 aliphatic carbocycles. The summed E-state index contributed by atoms with van der Waals surface area (Å²) in [5.74, 6) is -0.0728. The quantitative estimate of drug-likeness (QED) is 0.823. The van der Waals surface area contributed by atoms with Crippen molar-refractivity contribution in [3.63, 3.8) is 0 Å². The van der Waals surface area contributed by atoms with Gasteiger partial charge in [0.05, 0.1) is 6.04 Å². The molecule has 1 rings (SSSR count). The van der Waals surface area contributed by atoms with Crippen LogP contribution in [0.4, 0.5) is 0 Å². The fourth-order valence-electron chi connectivity index (χ4n) is 1.35. The zero-order valence-corrected chi connectivity index (χ0v) is 9.53. The van der Waals surface area contributed by atoms with Crippen molar-refractivity contribution in [2.45, 2.75) is 33.2 Å². The van der Waals surface area contributed by atoms with Gasteiger partial charge in [-0.2, -0.15) is 0 Å². The minimum absolute atomic E-state index is 0.0728. The Bertz CT molecular complexity index is 356. The third-order valence-corrected chi connectivity index (χ3v) is 2.21. The second-order valence-corrected chi connectivity index (χ2v) is 4.72. The first-order chi connectivity index (χ1) is 7.34. The predicted octanol–water partition coefficient (Wildman–Crippen LogP) is 2.17. The Kier molecular flexibility index (Phi) is 3.17. The van der Waals surface area contributed by atoms with E-state index in [1.54, 1.807) is 0 Å². The van der Waals surface area contributed by atoms with Crippen LogP contribution < -0.4 is 5.73 Å². The van der Waals surface area contributed by atoms with Crippen molar-refractivity contribution in [3.05, 3.63) is 35.9 Å². The van der Waals surface area contributed by atoms with Crippen LogP contribution in [0.1, 0.15) is 27.7 Å². The Balaban J connectivity index is 2.83. The second-order valence-electron chi connectivity index (χ2n) is 4.72. The maximum absolute atomic E-state index is 11.9. The van der Waals surface area contributed by atoms with E-state index in [4.69, 9.17) is 7.10 Å². The molecule has 1 aromatic carbocycles. The summed E-state index contributed by atoms with van der Waals surface area (Å²) >= 11 is 0. The van der Waals surface area contributed by atoms with E-state index < -0.39 is 17.9 Å². The molecule has 0 aliphatic heterocycles. The number of ketones is 1. The van der Waals surface area contributed by atoms with Gasteiger partial charge in [-0.3, -0.25) is 4.79 Å². The summed E-state index contributed by atoms with van der Waals surface area (Å²) in [6.45, 7) is 5.48. The Morgan fingerprint density at radius 2 is 1.93 bits per heavy atom. The van der Waals surface area contributed by atoms with Crippen molar-refractivity contribution in [2.24, 2.45) is 11.1 Å². The summed E-state index contributed by atoms with van der Waals surface area (Å²) in [7, 11) is 0. The maximum Gasteiger partial charge on any atom is 0.155 e. The topological polar surface area (TPSA) is 43.1 Å². The van der Waals surface area contributed by atoms with Gasteiger partial charge in [0.25, 0.3) is 0 Å². The highest BCUT2D eigenvalue weighted by Gasteiger charge is 2.26. The van der Waals surface area contributed by atoms with Crippen molar-refractivity contribution in [3.8, 4) is 0 Å². The number of hydrogen-bond acceptors (Lipinski definition) is 2. The van der Waals surface area contributed by atoms with Crippen molar-refractivity contribution in [1.82, 2.24) is 0 Å². The van der Waals surface area contributed by atoms with Gasteiger partial charge in [0, 0.05) is 6.79 Å². The number of benzene rings is 1. The number of carbonyl (C=O) groups is 1. The Hall–Kier alpha value is -1.15. The zero-order chi connectivity index (χ0) is 12.3. The van der Waals surface area contributed by atoms with Gasteiger partial charge >= 0.3 is 0 Å². The van der Waals surface area contributed by atoms with Crippen LogP contribution in [0.3, 0.4) is 0 Å². The van der Waals surface area contributed by atoms with Gasteiger partial charge in [0.2, 0.25) is 0 Å². The van der Waals surface area contributed by atoms with Gasteiger partial charge < -0.3 is 5.73 Å². The lowest BCUT2D eigenvalue weighted by molar-refractivity contribution is -0.127. The molecule has 0 spiro atoms. The molecule has 0 amide bonds. The first-order valence-corrected chi connectivity index (χ1v) is 5.11. The first-order valence-electron chi connectivity index (χ1n) is 5.69. The largest absolute Gasteiger partial charge is 0.321 e. The molecule has 82 valence electrons. The molecular formula is C13H19NO. The summed E-state index contributed by atoms with van der Waals surface area (Å²) in [4.78, 5) is 11.9. The normalized spacial score (nSPS) is 16.7. The minimum Gasteiger partial charge on any atom is -0.321 e. The van der Waals surface area contributed by atoms with Gasteiger partial charge in [-0.15, -0.1) is 0 Å². The van der Waals surface area contributed by atoms with Crippen LogP contribution in [0.2, 0.25) is 0 Å². The Labute approximate surface area is 92.9 Å². The molecule has 0 aromatic heterocycles. The van der Waals surface area contributed by atoms with Crippen LogP contribution in [0, 0.1) is 5.41 Å². The summed E-state index contributed by atoms with van der Waals surface area (Å²) in [6, 6.07) is 8.48. The highest BCUT2D eigenvalue weighted by atomic mass is 16.1. The van der Waals surface area contributed by atoms with Crippen molar-refractivity contribution >= 4 is 5.78 Å².